The van der Waals surface area contributed by atoms with E-state index in [1.165, 1.54) is 0 Å². The molecule has 0 saturated heterocycles. The number of carbonyl (C=O) groups excluding carboxylic acids is 2. The van der Waals surface area contributed by atoms with Crippen molar-refractivity contribution in [2.75, 3.05) is 0 Å². The maximum atomic E-state index is 12.7. The lowest BCUT2D eigenvalue weighted by atomic mass is 9.79. The summed E-state index contributed by atoms with van der Waals surface area (Å²) in [6.45, 7) is 0. The second-order valence-electron chi connectivity index (χ2n) is 5.65. The summed E-state index contributed by atoms with van der Waals surface area (Å²) in [6, 6.07) is 19.5. The fourth-order valence-electron chi connectivity index (χ4n) is 2.83. The van der Waals surface area contributed by atoms with E-state index in [9.17, 15) is 9.59 Å². The second-order valence-corrected chi connectivity index (χ2v) is 5.65. The number of allylic oxidation sites excluding steroid dienone is 3. The van der Waals surface area contributed by atoms with E-state index in [0.717, 1.165) is 11.1 Å². The molecule has 1 aliphatic rings. The van der Waals surface area contributed by atoms with Gasteiger partial charge in [-0.1, -0.05) is 78.9 Å². The van der Waals surface area contributed by atoms with Crippen LogP contribution >= 0.6 is 0 Å². The standard InChI is InChI=1S/C21H18O2/c22-20-15-14-18(17-11-5-2-6-12-17)21(23)19(20)13-7-10-16-8-3-1-4-9-16/h1-12,14-15,18-19H,13H2. The van der Waals surface area contributed by atoms with Crippen molar-refractivity contribution in [1.29, 1.82) is 0 Å². The van der Waals surface area contributed by atoms with Crippen LogP contribution in [0.15, 0.2) is 78.9 Å². The Labute approximate surface area is 136 Å². The molecule has 114 valence electrons. The number of carbonyl (C=O) groups is 2. The monoisotopic (exact) mass is 302 g/mol. The Bertz CT molecular complexity index is 742. The van der Waals surface area contributed by atoms with Gasteiger partial charge in [0.05, 0.1) is 11.8 Å². The summed E-state index contributed by atoms with van der Waals surface area (Å²) < 4.78 is 0. The zero-order valence-corrected chi connectivity index (χ0v) is 12.8. The van der Waals surface area contributed by atoms with Crippen molar-refractivity contribution in [3.63, 3.8) is 0 Å². The highest BCUT2D eigenvalue weighted by Crippen LogP contribution is 2.28. The molecule has 0 spiro atoms. The number of benzene rings is 2. The molecule has 2 unspecified atom stereocenters. The lowest BCUT2D eigenvalue weighted by Crippen LogP contribution is -2.30. The topological polar surface area (TPSA) is 34.1 Å². The van der Waals surface area contributed by atoms with E-state index >= 15 is 0 Å². The van der Waals surface area contributed by atoms with Gasteiger partial charge in [-0.15, -0.1) is 0 Å². The molecule has 2 atom stereocenters. The Morgan fingerprint density at radius 1 is 0.870 bits per heavy atom. The lowest BCUT2D eigenvalue weighted by Gasteiger charge is -2.22. The Hall–Kier alpha value is -2.74. The summed E-state index contributed by atoms with van der Waals surface area (Å²) in [5, 5.41) is 0. The number of rotatable bonds is 4. The lowest BCUT2D eigenvalue weighted by molar-refractivity contribution is -0.131. The fraction of sp³-hybridized carbons (Fsp3) is 0.143. The summed E-state index contributed by atoms with van der Waals surface area (Å²) in [7, 11) is 0. The molecule has 1 aliphatic carbocycles. The molecule has 0 N–H and O–H groups in total. The van der Waals surface area contributed by atoms with Crippen LogP contribution in [0.5, 0.6) is 0 Å². The van der Waals surface area contributed by atoms with E-state index in [0.29, 0.717) is 6.42 Å². The van der Waals surface area contributed by atoms with Crippen molar-refractivity contribution in [2.24, 2.45) is 5.92 Å². The number of ketones is 2. The molecule has 2 aromatic carbocycles. The van der Waals surface area contributed by atoms with Crippen LogP contribution in [0.2, 0.25) is 0 Å². The van der Waals surface area contributed by atoms with Gasteiger partial charge >= 0.3 is 0 Å². The van der Waals surface area contributed by atoms with Gasteiger partial charge in [0.1, 0.15) is 0 Å². The van der Waals surface area contributed by atoms with Crippen molar-refractivity contribution < 1.29 is 9.59 Å². The number of hydrogen-bond acceptors (Lipinski definition) is 2. The molecule has 3 rings (SSSR count). The summed E-state index contributed by atoms with van der Waals surface area (Å²) in [5.74, 6) is -1.00. The molecule has 0 radical (unpaired) electrons. The molecule has 0 saturated carbocycles. The summed E-state index contributed by atoms with van der Waals surface area (Å²) >= 11 is 0. The third-order valence-electron chi connectivity index (χ3n) is 4.09. The summed E-state index contributed by atoms with van der Waals surface area (Å²) in [5.41, 5.74) is 2.01. The molecular weight excluding hydrogens is 284 g/mol. The van der Waals surface area contributed by atoms with Gasteiger partial charge in [-0.2, -0.15) is 0 Å². The van der Waals surface area contributed by atoms with Crippen LogP contribution in [0.1, 0.15) is 23.5 Å². The highest BCUT2D eigenvalue weighted by molar-refractivity contribution is 6.13. The van der Waals surface area contributed by atoms with E-state index in [1.54, 1.807) is 12.2 Å². The molecule has 2 aromatic rings. The van der Waals surface area contributed by atoms with Crippen LogP contribution in [0.25, 0.3) is 6.08 Å². The van der Waals surface area contributed by atoms with Crippen LogP contribution in [0.3, 0.4) is 0 Å². The third-order valence-corrected chi connectivity index (χ3v) is 4.09. The number of Topliss-reactive ketones (excluding diaryl/α,β-unsaturated/α-hetero) is 1. The smallest absolute Gasteiger partial charge is 0.166 e. The fourth-order valence-corrected chi connectivity index (χ4v) is 2.83. The summed E-state index contributed by atoms with van der Waals surface area (Å²) in [6.07, 6.45) is 7.59. The summed E-state index contributed by atoms with van der Waals surface area (Å²) in [4.78, 5) is 24.8. The van der Waals surface area contributed by atoms with Gasteiger partial charge in [0.2, 0.25) is 0 Å². The zero-order valence-electron chi connectivity index (χ0n) is 12.8. The largest absolute Gasteiger partial charge is 0.298 e. The third kappa shape index (κ3) is 3.54. The van der Waals surface area contributed by atoms with E-state index in [-0.39, 0.29) is 17.5 Å². The van der Waals surface area contributed by atoms with Gasteiger partial charge in [0.25, 0.3) is 0 Å². The Balaban J connectivity index is 1.74. The highest BCUT2D eigenvalue weighted by atomic mass is 16.2. The van der Waals surface area contributed by atoms with Crippen molar-refractivity contribution in [2.45, 2.75) is 12.3 Å². The van der Waals surface area contributed by atoms with Gasteiger partial charge in [-0.05, 0) is 23.6 Å². The molecule has 2 heteroatoms. The molecule has 23 heavy (non-hydrogen) atoms. The minimum absolute atomic E-state index is 0.0126. The van der Waals surface area contributed by atoms with Crippen LogP contribution in [-0.2, 0) is 9.59 Å². The van der Waals surface area contributed by atoms with Gasteiger partial charge < -0.3 is 0 Å². The maximum Gasteiger partial charge on any atom is 0.166 e. The minimum atomic E-state index is -0.579. The maximum absolute atomic E-state index is 12.7. The van der Waals surface area contributed by atoms with Crippen molar-refractivity contribution in [1.82, 2.24) is 0 Å². The Kier molecular flexibility index (Phi) is 4.62. The predicted octanol–water partition coefficient (Wildman–Crippen LogP) is 4.20. The van der Waals surface area contributed by atoms with E-state index in [4.69, 9.17) is 0 Å². The zero-order chi connectivity index (χ0) is 16.1. The first-order valence-corrected chi connectivity index (χ1v) is 7.78. The molecule has 0 amide bonds. The van der Waals surface area contributed by atoms with E-state index in [2.05, 4.69) is 0 Å². The highest BCUT2D eigenvalue weighted by Gasteiger charge is 2.33. The van der Waals surface area contributed by atoms with Crippen LogP contribution in [0, 0.1) is 5.92 Å². The SMILES string of the molecule is O=C1C=CC(c2ccccc2)C(=O)C1CC=Cc1ccccc1. The first-order chi connectivity index (χ1) is 11.3. The molecule has 0 fully saturated rings. The molecule has 0 heterocycles. The average molecular weight is 302 g/mol. The van der Waals surface area contributed by atoms with Gasteiger partial charge in [0, 0.05) is 0 Å². The van der Waals surface area contributed by atoms with Crippen molar-refractivity contribution >= 4 is 17.6 Å². The molecular formula is C21H18O2. The molecule has 0 bridgehead atoms. The van der Waals surface area contributed by atoms with Crippen LogP contribution < -0.4 is 0 Å². The van der Waals surface area contributed by atoms with Crippen LogP contribution in [0.4, 0.5) is 0 Å². The first-order valence-electron chi connectivity index (χ1n) is 7.78. The molecule has 2 nitrogen and oxygen atoms in total. The second kappa shape index (κ2) is 7.01. The van der Waals surface area contributed by atoms with E-state index < -0.39 is 5.92 Å². The predicted molar refractivity (Wildman–Crippen MR) is 91.9 cm³/mol. The first kappa shape index (κ1) is 15.2. The number of hydrogen-bond donors (Lipinski definition) is 0. The molecule has 0 aliphatic heterocycles. The van der Waals surface area contributed by atoms with Crippen LogP contribution in [-0.4, -0.2) is 11.6 Å². The Morgan fingerprint density at radius 3 is 2.22 bits per heavy atom. The quantitative estimate of drug-likeness (QED) is 0.793. The Morgan fingerprint density at radius 2 is 1.52 bits per heavy atom. The molecule has 0 aromatic heterocycles. The van der Waals surface area contributed by atoms with Gasteiger partial charge in [-0.25, -0.2) is 0 Å². The van der Waals surface area contributed by atoms with Gasteiger partial charge in [0.15, 0.2) is 11.6 Å². The normalized spacial score (nSPS) is 21.0. The van der Waals surface area contributed by atoms with Crippen molar-refractivity contribution in [3.05, 3.63) is 90.0 Å². The van der Waals surface area contributed by atoms with Gasteiger partial charge in [-0.3, -0.25) is 9.59 Å². The average Bonchev–Trinajstić information content (AvgIpc) is 2.59. The van der Waals surface area contributed by atoms with Crippen molar-refractivity contribution in [3.8, 4) is 0 Å². The minimum Gasteiger partial charge on any atom is -0.298 e. The van der Waals surface area contributed by atoms with E-state index in [1.807, 2.05) is 72.8 Å².